The van der Waals surface area contributed by atoms with Crippen LogP contribution in [0.4, 0.5) is 4.39 Å². The Morgan fingerprint density at radius 1 is 1.25 bits per heavy atom. The average Bonchev–Trinajstić information content (AvgIpc) is 3.05. The van der Waals surface area contributed by atoms with Gasteiger partial charge in [0.2, 0.25) is 0 Å². The molecule has 1 N–H and O–H groups in total. The van der Waals surface area contributed by atoms with Gasteiger partial charge in [0.05, 0.1) is 0 Å². The van der Waals surface area contributed by atoms with Crippen molar-refractivity contribution in [2.75, 3.05) is 0 Å². The Hall–Kier alpha value is -3.15. The van der Waals surface area contributed by atoms with Crippen molar-refractivity contribution >= 4 is 5.97 Å². The molecule has 0 spiro atoms. The Kier molecular flexibility index (Phi) is 4.29. The molecule has 1 heterocycles. The summed E-state index contributed by atoms with van der Waals surface area (Å²) in [5.41, 5.74) is 1.68. The summed E-state index contributed by atoms with van der Waals surface area (Å²) in [4.78, 5) is 10.8. The first-order valence-corrected chi connectivity index (χ1v) is 7.22. The van der Waals surface area contributed by atoms with Crippen LogP contribution in [0.1, 0.15) is 21.6 Å². The first-order valence-electron chi connectivity index (χ1n) is 7.22. The number of aromatic carboxylic acids is 1. The third-order valence-electron chi connectivity index (χ3n) is 3.47. The molecule has 0 fully saturated rings. The molecule has 0 aliphatic heterocycles. The van der Waals surface area contributed by atoms with Crippen molar-refractivity contribution in [1.29, 1.82) is 0 Å². The van der Waals surface area contributed by atoms with Gasteiger partial charge in [-0.1, -0.05) is 35.5 Å². The molecule has 0 aliphatic carbocycles. The second kappa shape index (κ2) is 6.54. The fourth-order valence-corrected chi connectivity index (χ4v) is 2.30. The lowest BCUT2D eigenvalue weighted by atomic mass is 10.1. The summed E-state index contributed by atoms with van der Waals surface area (Å²) in [6.45, 7) is 1.96. The summed E-state index contributed by atoms with van der Waals surface area (Å²) >= 11 is 0. The van der Waals surface area contributed by atoms with Crippen LogP contribution < -0.4 is 4.74 Å². The maximum Gasteiger partial charge on any atom is 0.358 e. The Morgan fingerprint density at radius 2 is 2.00 bits per heavy atom. The van der Waals surface area contributed by atoms with E-state index in [-0.39, 0.29) is 23.8 Å². The van der Waals surface area contributed by atoms with E-state index in [0.29, 0.717) is 11.1 Å². The molecule has 0 saturated heterocycles. The van der Waals surface area contributed by atoms with Crippen LogP contribution in [-0.2, 0) is 6.61 Å². The van der Waals surface area contributed by atoms with Crippen molar-refractivity contribution in [2.45, 2.75) is 13.5 Å². The number of hydrogen-bond acceptors (Lipinski definition) is 4. The molecule has 2 aromatic carbocycles. The summed E-state index contributed by atoms with van der Waals surface area (Å²) in [6, 6.07) is 13.6. The number of halogens is 1. The minimum absolute atomic E-state index is 0.153. The van der Waals surface area contributed by atoms with Crippen LogP contribution in [0.15, 0.2) is 53.1 Å². The van der Waals surface area contributed by atoms with E-state index in [4.69, 9.17) is 14.4 Å². The number of aryl methyl sites for hydroxylation is 1. The molecule has 122 valence electrons. The lowest BCUT2D eigenvalue weighted by Gasteiger charge is -2.11. The second-order valence-electron chi connectivity index (χ2n) is 5.26. The highest BCUT2D eigenvalue weighted by Gasteiger charge is 2.16. The number of carbonyl (C=O) groups is 1. The molecule has 0 atom stereocenters. The lowest BCUT2D eigenvalue weighted by Crippen LogP contribution is -1.99. The molecular formula is C18H14FNO4. The molecule has 0 radical (unpaired) electrons. The lowest BCUT2D eigenvalue weighted by molar-refractivity contribution is 0.0686. The Bertz CT molecular complexity index is 851. The third-order valence-corrected chi connectivity index (χ3v) is 3.47. The molecule has 24 heavy (non-hydrogen) atoms. The zero-order valence-electron chi connectivity index (χ0n) is 12.8. The fraction of sp³-hybridized carbons (Fsp3) is 0.111. The first-order chi connectivity index (χ1) is 11.5. The number of hydrogen-bond donors (Lipinski definition) is 1. The molecule has 6 heteroatoms. The number of carboxylic acid groups (broad SMARTS) is 1. The number of ether oxygens (including phenoxy) is 1. The van der Waals surface area contributed by atoms with Gasteiger partial charge in [0.15, 0.2) is 23.0 Å². The van der Waals surface area contributed by atoms with Crippen LogP contribution in [0.3, 0.4) is 0 Å². The van der Waals surface area contributed by atoms with Crippen molar-refractivity contribution in [2.24, 2.45) is 0 Å². The largest absolute Gasteiger partial charge is 0.486 e. The Balaban J connectivity index is 1.84. The third kappa shape index (κ3) is 3.27. The van der Waals surface area contributed by atoms with E-state index in [1.165, 1.54) is 12.1 Å². The van der Waals surface area contributed by atoms with Crippen LogP contribution in [-0.4, -0.2) is 16.2 Å². The second-order valence-corrected chi connectivity index (χ2v) is 5.26. The summed E-state index contributed by atoms with van der Waals surface area (Å²) in [6.07, 6.45) is 0. The summed E-state index contributed by atoms with van der Waals surface area (Å²) < 4.78 is 24.9. The number of rotatable bonds is 5. The molecule has 0 bridgehead atoms. The predicted molar refractivity (Wildman–Crippen MR) is 84.4 cm³/mol. The van der Waals surface area contributed by atoms with Gasteiger partial charge in [-0.15, -0.1) is 0 Å². The fourth-order valence-electron chi connectivity index (χ4n) is 2.30. The van der Waals surface area contributed by atoms with E-state index >= 15 is 0 Å². The van der Waals surface area contributed by atoms with Gasteiger partial charge in [0.1, 0.15) is 6.61 Å². The number of benzene rings is 2. The van der Waals surface area contributed by atoms with Gasteiger partial charge >= 0.3 is 5.97 Å². The normalized spacial score (nSPS) is 10.6. The molecule has 0 saturated carbocycles. The molecule has 5 nitrogen and oxygen atoms in total. The smallest absolute Gasteiger partial charge is 0.358 e. The predicted octanol–water partition coefficient (Wildman–Crippen LogP) is 4.07. The summed E-state index contributed by atoms with van der Waals surface area (Å²) in [7, 11) is 0. The van der Waals surface area contributed by atoms with Gasteiger partial charge in [-0.3, -0.25) is 0 Å². The molecule has 3 rings (SSSR count). The molecular weight excluding hydrogens is 313 g/mol. The van der Waals surface area contributed by atoms with Crippen LogP contribution in [0.5, 0.6) is 5.75 Å². The van der Waals surface area contributed by atoms with Gasteiger partial charge < -0.3 is 14.4 Å². The molecule has 1 aromatic heterocycles. The van der Waals surface area contributed by atoms with E-state index in [0.717, 1.165) is 5.56 Å². The van der Waals surface area contributed by atoms with Crippen LogP contribution in [0, 0.1) is 12.7 Å². The van der Waals surface area contributed by atoms with Crippen molar-refractivity contribution < 1.29 is 23.6 Å². The highest BCUT2D eigenvalue weighted by atomic mass is 19.1. The van der Waals surface area contributed by atoms with E-state index in [1.807, 2.05) is 30.3 Å². The Morgan fingerprint density at radius 3 is 2.62 bits per heavy atom. The number of carboxylic acids is 1. The minimum atomic E-state index is -1.20. The van der Waals surface area contributed by atoms with Crippen molar-refractivity contribution in [3.05, 3.63) is 71.2 Å². The van der Waals surface area contributed by atoms with E-state index in [2.05, 4.69) is 5.16 Å². The SMILES string of the molecule is Cc1cc(-c2cc(C(=O)O)no2)cc(F)c1OCc1ccccc1. The minimum Gasteiger partial charge on any atom is -0.486 e. The van der Waals surface area contributed by atoms with Crippen LogP contribution >= 0.6 is 0 Å². The maximum atomic E-state index is 14.4. The molecule has 0 aliphatic rings. The highest BCUT2D eigenvalue weighted by molar-refractivity contribution is 5.86. The monoisotopic (exact) mass is 327 g/mol. The highest BCUT2D eigenvalue weighted by Crippen LogP contribution is 2.30. The van der Waals surface area contributed by atoms with Crippen LogP contribution in [0.25, 0.3) is 11.3 Å². The summed E-state index contributed by atoms with van der Waals surface area (Å²) in [5, 5.41) is 12.3. The van der Waals surface area contributed by atoms with Crippen LogP contribution in [0.2, 0.25) is 0 Å². The topological polar surface area (TPSA) is 72.6 Å². The Labute approximate surface area is 137 Å². The van der Waals surface area contributed by atoms with Crippen molar-refractivity contribution in [3.8, 4) is 17.1 Å². The zero-order chi connectivity index (χ0) is 17.1. The first kappa shape index (κ1) is 15.7. The van der Waals surface area contributed by atoms with Crippen molar-refractivity contribution in [3.63, 3.8) is 0 Å². The van der Waals surface area contributed by atoms with Crippen molar-refractivity contribution in [1.82, 2.24) is 5.16 Å². The standard InChI is InChI=1S/C18H14FNO4/c1-11-7-13(16-9-15(18(21)22)20-24-16)8-14(19)17(11)23-10-12-5-3-2-4-6-12/h2-9H,10H2,1H3,(H,21,22). The van der Waals surface area contributed by atoms with E-state index in [9.17, 15) is 9.18 Å². The van der Waals surface area contributed by atoms with Gasteiger partial charge in [-0.25, -0.2) is 9.18 Å². The maximum absolute atomic E-state index is 14.4. The van der Waals surface area contributed by atoms with Gasteiger partial charge in [-0.05, 0) is 30.2 Å². The van der Waals surface area contributed by atoms with E-state index in [1.54, 1.807) is 13.0 Å². The van der Waals surface area contributed by atoms with Gasteiger partial charge in [0, 0.05) is 11.6 Å². The molecule has 0 amide bonds. The number of nitrogens with zero attached hydrogens (tertiary/aromatic N) is 1. The molecule has 0 unspecified atom stereocenters. The quantitative estimate of drug-likeness (QED) is 0.765. The summed E-state index contributed by atoms with van der Waals surface area (Å²) in [5.74, 6) is -1.41. The molecule has 3 aromatic rings. The number of aromatic nitrogens is 1. The van der Waals surface area contributed by atoms with Gasteiger partial charge in [0.25, 0.3) is 0 Å². The average molecular weight is 327 g/mol. The van der Waals surface area contributed by atoms with Gasteiger partial charge in [-0.2, -0.15) is 0 Å². The van der Waals surface area contributed by atoms with E-state index < -0.39 is 11.8 Å². The zero-order valence-corrected chi connectivity index (χ0v) is 12.8.